The van der Waals surface area contributed by atoms with E-state index in [2.05, 4.69) is 5.32 Å². The largest absolute Gasteiger partial charge is 0.397 e. The summed E-state index contributed by atoms with van der Waals surface area (Å²) in [7, 11) is 0. The minimum Gasteiger partial charge on any atom is -0.397 e. The molecule has 0 fully saturated rings. The van der Waals surface area contributed by atoms with E-state index in [1.165, 1.54) is 23.5 Å². The number of carbonyl (C=O) groups is 1. The Kier molecular flexibility index (Phi) is 3.57. The van der Waals surface area contributed by atoms with Gasteiger partial charge in [-0.2, -0.15) is 11.3 Å². The molecule has 6 heteroatoms. The third-order valence-corrected chi connectivity index (χ3v) is 3.31. The molecule has 0 saturated carbocycles. The predicted octanol–water partition coefficient (Wildman–Crippen LogP) is 3.89. The number of rotatable bonds is 2. The van der Waals surface area contributed by atoms with Crippen LogP contribution in [0.4, 0.5) is 11.4 Å². The van der Waals surface area contributed by atoms with Gasteiger partial charge >= 0.3 is 0 Å². The summed E-state index contributed by atoms with van der Waals surface area (Å²) in [6.45, 7) is 0. The van der Waals surface area contributed by atoms with Crippen LogP contribution in [-0.4, -0.2) is 5.91 Å². The summed E-state index contributed by atoms with van der Waals surface area (Å²) in [6, 6.07) is 4.79. The lowest BCUT2D eigenvalue weighted by atomic mass is 10.2. The first-order valence-electron chi connectivity index (χ1n) is 4.66. The van der Waals surface area contributed by atoms with Crippen LogP contribution >= 0.6 is 34.5 Å². The maximum absolute atomic E-state index is 11.8. The molecule has 2 rings (SSSR count). The summed E-state index contributed by atoms with van der Waals surface area (Å²) in [4.78, 5) is 11.8. The van der Waals surface area contributed by atoms with E-state index in [-0.39, 0.29) is 5.91 Å². The number of nitrogens with two attached hydrogens (primary N) is 1. The Morgan fingerprint density at radius 3 is 2.71 bits per heavy atom. The zero-order chi connectivity index (χ0) is 12.4. The van der Waals surface area contributed by atoms with Gasteiger partial charge < -0.3 is 11.1 Å². The number of nitrogen functional groups attached to an aromatic ring is 1. The molecule has 0 aliphatic heterocycles. The molecule has 1 heterocycles. The Morgan fingerprint density at radius 1 is 1.35 bits per heavy atom. The second kappa shape index (κ2) is 4.96. The molecule has 88 valence electrons. The van der Waals surface area contributed by atoms with Crippen LogP contribution in [0.25, 0.3) is 0 Å². The fourth-order valence-electron chi connectivity index (χ4n) is 1.30. The molecule has 1 aromatic carbocycles. The zero-order valence-corrected chi connectivity index (χ0v) is 10.9. The summed E-state index contributed by atoms with van der Waals surface area (Å²) >= 11 is 13.2. The van der Waals surface area contributed by atoms with Crippen LogP contribution in [0.3, 0.4) is 0 Å². The number of thiophene rings is 1. The van der Waals surface area contributed by atoms with Crippen molar-refractivity contribution in [3.63, 3.8) is 0 Å². The Morgan fingerprint density at radius 2 is 2.12 bits per heavy atom. The van der Waals surface area contributed by atoms with Crippen molar-refractivity contribution < 1.29 is 4.79 Å². The summed E-state index contributed by atoms with van der Waals surface area (Å²) in [6.07, 6.45) is 0. The molecule has 0 atom stereocenters. The van der Waals surface area contributed by atoms with Crippen LogP contribution in [0, 0.1) is 0 Å². The molecule has 0 spiro atoms. The van der Waals surface area contributed by atoms with Gasteiger partial charge in [0.1, 0.15) is 0 Å². The SMILES string of the molecule is Nc1cc(Cl)cc(Cl)c1NC(=O)c1ccsc1. The highest BCUT2D eigenvalue weighted by molar-refractivity contribution is 7.08. The molecule has 0 aliphatic carbocycles. The number of nitrogens with one attached hydrogen (secondary N) is 1. The van der Waals surface area contributed by atoms with Gasteiger partial charge in [-0.3, -0.25) is 4.79 Å². The quantitative estimate of drug-likeness (QED) is 0.823. The number of hydrogen-bond donors (Lipinski definition) is 2. The third kappa shape index (κ3) is 2.72. The smallest absolute Gasteiger partial charge is 0.256 e. The van der Waals surface area contributed by atoms with Crippen molar-refractivity contribution in [3.8, 4) is 0 Å². The maximum Gasteiger partial charge on any atom is 0.256 e. The maximum atomic E-state index is 11.8. The highest BCUT2D eigenvalue weighted by atomic mass is 35.5. The van der Waals surface area contributed by atoms with Gasteiger partial charge in [-0.05, 0) is 23.6 Å². The normalized spacial score (nSPS) is 10.2. The standard InChI is InChI=1S/C11H8Cl2N2OS/c12-7-3-8(13)10(9(14)4-7)15-11(16)6-1-2-17-5-6/h1-5H,14H2,(H,15,16). The number of halogens is 2. The van der Waals surface area contributed by atoms with Gasteiger partial charge in [0.25, 0.3) is 5.91 Å². The molecule has 0 radical (unpaired) electrons. The molecule has 0 saturated heterocycles. The first-order chi connectivity index (χ1) is 8.08. The monoisotopic (exact) mass is 286 g/mol. The average Bonchev–Trinajstić information content (AvgIpc) is 2.76. The Bertz CT molecular complexity index is 532. The van der Waals surface area contributed by atoms with Crippen LogP contribution in [0.5, 0.6) is 0 Å². The van der Waals surface area contributed by atoms with E-state index in [1.807, 2.05) is 5.38 Å². The average molecular weight is 287 g/mol. The number of benzene rings is 1. The molecule has 17 heavy (non-hydrogen) atoms. The third-order valence-electron chi connectivity index (χ3n) is 2.11. The summed E-state index contributed by atoms with van der Waals surface area (Å²) < 4.78 is 0. The van der Waals surface area contributed by atoms with Crippen molar-refractivity contribution in [3.05, 3.63) is 44.6 Å². The first kappa shape index (κ1) is 12.2. The van der Waals surface area contributed by atoms with Crippen LogP contribution in [-0.2, 0) is 0 Å². The minimum absolute atomic E-state index is 0.248. The summed E-state index contributed by atoms with van der Waals surface area (Å²) in [5.74, 6) is -0.248. The molecule has 3 N–H and O–H groups in total. The summed E-state index contributed by atoms with van der Waals surface area (Å²) in [5.41, 5.74) is 7.03. The van der Waals surface area contributed by atoms with E-state index >= 15 is 0 Å². The molecule has 1 aromatic heterocycles. The molecule has 0 aliphatic rings. The van der Waals surface area contributed by atoms with E-state index in [0.29, 0.717) is 27.0 Å². The van der Waals surface area contributed by atoms with Gasteiger partial charge in [0.15, 0.2) is 0 Å². The Labute approximate surface area is 112 Å². The highest BCUT2D eigenvalue weighted by Gasteiger charge is 2.12. The lowest BCUT2D eigenvalue weighted by Crippen LogP contribution is -2.12. The number of carbonyl (C=O) groups excluding carboxylic acids is 1. The highest BCUT2D eigenvalue weighted by Crippen LogP contribution is 2.32. The number of hydrogen-bond acceptors (Lipinski definition) is 3. The van der Waals surface area contributed by atoms with Crippen molar-refractivity contribution in [2.75, 3.05) is 11.1 Å². The molecular formula is C11H8Cl2N2OS. The lowest BCUT2D eigenvalue weighted by Gasteiger charge is -2.09. The van der Waals surface area contributed by atoms with Crippen molar-refractivity contribution in [1.82, 2.24) is 0 Å². The van der Waals surface area contributed by atoms with E-state index in [4.69, 9.17) is 28.9 Å². The van der Waals surface area contributed by atoms with Crippen molar-refractivity contribution in [1.29, 1.82) is 0 Å². The van der Waals surface area contributed by atoms with E-state index in [0.717, 1.165) is 0 Å². The van der Waals surface area contributed by atoms with Crippen LogP contribution < -0.4 is 11.1 Å². The van der Waals surface area contributed by atoms with Crippen molar-refractivity contribution in [2.45, 2.75) is 0 Å². The van der Waals surface area contributed by atoms with Crippen molar-refractivity contribution >= 4 is 51.8 Å². The molecule has 1 amide bonds. The van der Waals surface area contributed by atoms with Crippen LogP contribution in [0.1, 0.15) is 10.4 Å². The van der Waals surface area contributed by atoms with Crippen molar-refractivity contribution in [2.24, 2.45) is 0 Å². The lowest BCUT2D eigenvalue weighted by molar-refractivity contribution is 0.102. The molecule has 0 unspecified atom stereocenters. The molecule has 2 aromatic rings. The summed E-state index contributed by atoms with van der Waals surface area (Å²) in [5, 5.41) is 6.98. The second-order valence-electron chi connectivity index (χ2n) is 3.32. The van der Waals surface area contributed by atoms with Gasteiger partial charge in [0.05, 0.1) is 22.0 Å². The first-order valence-corrected chi connectivity index (χ1v) is 6.36. The van der Waals surface area contributed by atoms with Gasteiger partial charge in [0, 0.05) is 10.4 Å². The second-order valence-corrected chi connectivity index (χ2v) is 4.94. The number of anilines is 2. The van der Waals surface area contributed by atoms with Crippen LogP contribution in [0.15, 0.2) is 29.0 Å². The fourth-order valence-corrected chi connectivity index (χ4v) is 2.50. The predicted molar refractivity (Wildman–Crippen MR) is 73.1 cm³/mol. The van der Waals surface area contributed by atoms with Gasteiger partial charge in [-0.1, -0.05) is 23.2 Å². The molecular weight excluding hydrogens is 279 g/mol. The van der Waals surface area contributed by atoms with Gasteiger partial charge in [-0.25, -0.2) is 0 Å². The van der Waals surface area contributed by atoms with E-state index < -0.39 is 0 Å². The van der Waals surface area contributed by atoms with E-state index in [9.17, 15) is 4.79 Å². The van der Waals surface area contributed by atoms with Crippen LogP contribution in [0.2, 0.25) is 10.0 Å². The Balaban J connectivity index is 2.28. The number of amides is 1. The molecule has 3 nitrogen and oxygen atoms in total. The zero-order valence-electron chi connectivity index (χ0n) is 8.54. The molecule has 0 bridgehead atoms. The van der Waals surface area contributed by atoms with E-state index in [1.54, 1.807) is 11.4 Å². The topological polar surface area (TPSA) is 55.1 Å². The van der Waals surface area contributed by atoms with Gasteiger partial charge in [-0.15, -0.1) is 0 Å². The minimum atomic E-state index is -0.248. The fraction of sp³-hybridized carbons (Fsp3) is 0. The van der Waals surface area contributed by atoms with Gasteiger partial charge in [0.2, 0.25) is 0 Å². The Hall–Kier alpha value is -1.23.